The van der Waals surface area contributed by atoms with E-state index in [-0.39, 0.29) is 12.2 Å². The molecule has 3 N–H and O–H groups in total. The molecule has 2 rings (SSSR count). The Hall–Kier alpha value is -1.60. The molecule has 1 unspecified atom stereocenters. The molecule has 4 nitrogen and oxygen atoms in total. The molecular weight excluding hydrogens is 283 g/mol. The highest BCUT2D eigenvalue weighted by Crippen LogP contribution is 2.20. The second-order valence-electron chi connectivity index (χ2n) is 5.25. The Labute approximate surface area is 121 Å². The van der Waals surface area contributed by atoms with Gasteiger partial charge in [0, 0.05) is 6.54 Å². The SMILES string of the molecule is NCC1CCCN(CC(=O)Nc2ccc(F)c(F)c2F)C1. The third kappa shape index (κ3) is 3.95. The van der Waals surface area contributed by atoms with Crippen molar-refractivity contribution in [3.8, 4) is 0 Å². The first kappa shape index (κ1) is 15.8. The van der Waals surface area contributed by atoms with Gasteiger partial charge in [-0.25, -0.2) is 13.2 Å². The lowest BCUT2D eigenvalue weighted by Crippen LogP contribution is -2.42. The number of carbonyl (C=O) groups is 1. The summed E-state index contributed by atoms with van der Waals surface area (Å²) < 4.78 is 39.3. The van der Waals surface area contributed by atoms with E-state index in [0.29, 0.717) is 19.0 Å². The number of carbonyl (C=O) groups excluding carboxylic acids is 1. The molecular formula is C14H18F3N3O. The summed E-state index contributed by atoms with van der Waals surface area (Å²) in [7, 11) is 0. The molecule has 0 radical (unpaired) electrons. The summed E-state index contributed by atoms with van der Waals surface area (Å²) in [4.78, 5) is 13.8. The van der Waals surface area contributed by atoms with E-state index >= 15 is 0 Å². The second-order valence-corrected chi connectivity index (χ2v) is 5.25. The largest absolute Gasteiger partial charge is 0.330 e. The average Bonchev–Trinajstić information content (AvgIpc) is 2.48. The first-order chi connectivity index (χ1) is 10.0. The number of nitrogens with two attached hydrogens (primary N) is 1. The fourth-order valence-corrected chi connectivity index (χ4v) is 2.50. The van der Waals surface area contributed by atoms with E-state index in [1.54, 1.807) is 0 Å². The highest BCUT2D eigenvalue weighted by Gasteiger charge is 2.21. The lowest BCUT2D eigenvalue weighted by molar-refractivity contribution is -0.117. The molecule has 0 aromatic heterocycles. The van der Waals surface area contributed by atoms with Crippen LogP contribution >= 0.6 is 0 Å². The van der Waals surface area contributed by atoms with Crippen LogP contribution in [0.4, 0.5) is 18.9 Å². The predicted octanol–water partition coefficient (Wildman–Crippen LogP) is 1.71. The van der Waals surface area contributed by atoms with Crippen LogP contribution in [0.15, 0.2) is 12.1 Å². The second kappa shape index (κ2) is 6.91. The molecule has 21 heavy (non-hydrogen) atoms. The monoisotopic (exact) mass is 301 g/mol. The molecule has 1 aliphatic heterocycles. The van der Waals surface area contributed by atoms with Crippen LogP contribution in [0.1, 0.15) is 12.8 Å². The maximum atomic E-state index is 13.5. The zero-order valence-corrected chi connectivity index (χ0v) is 11.5. The molecule has 1 heterocycles. The summed E-state index contributed by atoms with van der Waals surface area (Å²) in [6.07, 6.45) is 1.99. The summed E-state index contributed by atoms with van der Waals surface area (Å²) in [5, 5.41) is 2.26. The van der Waals surface area contributed by atoms with Crippen molar-refractivity contribution in [1.29, 1.82) is 0 Å². The molecule has 0 aliphatic carbocycles. The minimum atomic E-state index is -1.59. The Morgan fingerprint density at radius 1 is 1.33 bits per heavy atom. The highest BCUT2D eigenvalue weighted by atomic mass is 19.2. The van der Waals surface area contributed by atoms with Crippen LogP contribution < -0.4 is 11.1 Å². The van der Waals surface area contributed by atoms with Crippen molar-refractivity contribution >= 4 is 11.6 Å². The molecule has 1 aliphatic rings. The minimum absolute atomic E-state index is 0.0783. The number of halogens is 3. The molecule has 1 atom stereocenters. The van der Waals surface area contributed by atoms with E-state index in [9.17, 15) is 18.0 Å². The summed E-state index contributed by atoms with van der Waals surface area (Å²) >= 11 is 0. The van der Waals surface area contributed by atoms with Crippen molar-refractivity contribution < 1.29 is 18.0 Å². The summed E-state index contributed by atoms with van der Waals surface area (Å²) in [5.41, 5.74) is 5.26. The highest BCUT2D eigenvalue weighted by molar-refractivity contribution is 5.92. The van der Waals surface area contributed by atoms with E-state index in [2.05, 4.69) is 5.32 Å². The van der Waals surface area contributed by atoms with Crippen molar-refractivity contribution in [3.63, 3.8) is 0 Å². The fourth-order valence-electron chi connectivity index (χ4n) is 2.50. The minimum Gasteiger partial charge on any atom is -0.330 e. The van der Waals surface area contributed by atoms with Gasteiger partial charge >= 0.3 is 0 Å². The van der Waals surface area contributed by atoms with Gasteiger partial charge in [-0.3, -0.25) is 9.69 Å². The van der Waals surface area contributed by atoms with Gasteiger partial charge in [-0.2, -0.15) is 0 Å². The van der Waals surface area contributed by atoms with Gasteiger partial charge in [0.1, 0.15) is 0 Å². The van der Waals surface area contributed by atoms with Crippen LogP contribution in [0.25, 0.3) is 0 Å². The van der Waals surface area contributed by atoms with Gasteiger partial charge in [0.15, 0.2) is 17.5 Å². The molecule has 1 amide bonds. The molecule has 0 spiro atoms. The van der Waals surface area contributed by atoms with E-state index < -0.39 is 23.4 Å². The van der Waals surface area contributed by atoms with Crippen LogP contribution in [-0.2, 0) is 4.79 Å². The van der Waals surface area contributed by atoms with Gasteiger partial charge < -0.3 is 11.1 Å². The number of likely N-dealkylation sites (tertiary alicyclic amines) is 1. The maximum absolute atomic E-state index is 13.5. The predicted molar refractivity (Wildman–Crippen MR) is 73.2 cm³/mol. The lowest BCUT2D eigenvalue weighted by Gasteiger charge is -2.31. The van der Waals surface area contributed by atoms with Crippen LogP contribution in [0.2, 0.25) is 0 Å². The maximum Gasteiger partial charge on any atom is 0.238 e. The molecule has 0 saturated carbocycles. The van der Waals surface area contributed by atoms with Gasteiger partial charge in [-0.15, -0.1) is 0 Å². The zero-order valence-electron chi connectivity index (χ0n) is 11.5. The molecule has 7 heteroatoms. The van der Waals surface area contributed by atoms with Crippen molar-refractivity contribution in [1.82, 2.24) is 4.90 Å². The first-order valence-corrected chi connectivity index (χ1v) is 6.87. The van der Waals surface area contributed by atoms with Gasteiger partial charge in [-0.05, 0) is 44.0 Å². The van der Waals surface area contributed by atoms with Crippen LogP contribution in [0.5, 0.6) is 0 Å². The third-order valence-electron chi connectivity index (χ3n) is 3.61. The molecule has 1 saturated heterocycles. The summed E-state index contributed by atoms with van der Waals surface area (Å²) in [6, 6.07) is 1.78. The number of piperidine rings is 1. The summed E-state index contributed by atoms with van der Waals surface area (Å²) in [6.45, 7) is 2.12. The number of amides is 1. The van der Waals surface area contributed by atoms with E-state index in [0.717, 1.165) is 31.5 Å². The molecule has 1 aromatic rings. The van der Waals surface area contributed by atoms with Gasteiger partial charge in [0.05, 0.1) is 12.2 Å². The van der Waals surface area contributed by atoms with Gasteiger partial charge in [0.2, 0.25) is 5.91 Å². The smallest absolute Gasteiger partial charge is 0.238 e. The fraction of sp³-hybridized carbons (Fsp3) is 0.500. The normalized spacial score (nSPS) is 19.5. The van der Waals surface area contributed by atoms with Crippen molar-refractivity contribution in [2.75, 3.05) is 31.5 Å². The Morgan fingerprint density at radius 3 is 2.81 bits per heavy atom. The quantitative estimate of drug-likeness (QED) is 0.833. The van der Waals surface area contributed by atoms with Crippen molar-refractivity contribution in [3.05, 3.63) is 29.6 Å². The van der Waals surface area contributed by atoms with E-state index in [4.69, 9.17) is 5.73 Å². The van der Waals surface area contributed by atoms with E-state index in [1.165, 1.54) is 0 Å². The lowest BCUT2D eigenvalue weighted by atomic mass is 9.98. The molecule has 116 valence electrons. The number of benzene rings is 1. The zero-order chi connectivity index (χ0) is 15.4. The number of hydrogen-bond acceptors (Lipinski definition) is 3. The van der Waals surface area contributed by atoms with Crippen molar-refractivity contribution in [2.45, 2.75) is 12.8 Å². The number of anilines is 1. The number of nitrogens with zero attached hydrogens (tertiary/aromatic N) is 1. The third-order valence-corrected chi connectivity index (χ3v) is 3.61. The Morgan fingerprint density at radius 2 is 2.10 bits per heavy atom. The topological polar surface area (TPSA) is 58.4 Å². The average molecular weight is 301 g/mol. The molecule has 1 fully saturated rings. The van der Waals surface area contributed by atoms with Crippen LogP contribution in [-0.4, -0.2) is 37.0 Å². The van der Waals surface area contributed by atoms with E-state index in [1.807, 2.05) is 4.90 Å². The Bertz CT molecular complexity index is 524. The summed E-state index contributed by atoms with van der Waals surface area (Å²) in [5.74, 6) is -4.37. The van der Waals surface area contributed by atoms with Crippen LogP contribution in [0.3, 0.4) is 0 Å². The van der Waals surface area contributed by atoms with Gasteiger partial charge in [-0.1, -0.05) is 0 Å². The van der Waals surface area contributed by atoms with Crippen molar-refractivity contribution in [2.24, 2.45) is 11.7 Å². The molecule has 0 bridgehead atoms. The molecule has 1 aromatic carbocycles. The first-order valence-electron chi connectivity index (χ1n) is 6.87. The Kier molecular flexibility index (Phi) is 5.19. The number of nitrogens with one attached hydrogen (secondary N) is 1. The number of hydrogen-bond donors (Lipinski definition) is 2. The Balaban J connectivity index is 1.94. The number of rotatable bonds is 4. The van der Waals surface area contributed by atoms with Crippen LogP contribution in [0, 0.1) is 23.4 Å². The standard InChI is InChI=1S/C14H18F3N3O/c15-10-3-4-11(14(17)13(10)16)19-12(21)8-20-5-1-2-9(6-18)7-20/h3-4,9H,1-2,5-8,18H2,(H,19,21). The van der Waals surface area contributed by atoms with Gasteiger partial charge in [0.25, 0.3) is 0 Å².